The Morgan fingerprint density at radius 3 is 2.52 bits per heavy atom. The number of aromatic nitrogens is 1. The van der Waals surface area contributed by atoms with Gasteiger partial charge < -0.3 is 9.47 Å². The molecule has 0 N–H and O–H groups in total. The van der Waals surface area contributed by atoms with Crippen LogP contribution in [0.3, 0.4) is 0 Å². The summed E-state index contributed by atoms with van der Waals surface area (Å²) in [6.07, 6.45) is 3.13. The van der Waals surface area contributed by atoms with Gasteiger partial charge >= 0.3 is 0 Å². The minimum Gasteiger partial charge on any atom is -0.337 e. The third kappa shape index (κ3) is 4.28. The third-order valence-electron chi connectivity index (χ3n) is 6.24. The van der Waals surface area contributed by atoms with E-state index in [1.165, 1.54) is 11.6 Å². The van der Waals surface area contributed by atoms with Crippen LogP contribution in [-0.4, -0.2) is 28.5 Å². The zero-order valence-electron chi connectivity index (χ0n) is 17.3. The maximum absolute atomic E-state index is 13.7. The summed E-state index contributed by atoms with van der Waals surface area (Å²) in [6.45, 7) is 2.06. The van der Waals surface area contributed by atoms with Gasteiger partial charge in [0.2, 0.25) is 0 Å². The second-order valence-corrected chi connectivity index (χ2v) is 9.29. The van der Waals surface area contributed by atoms with Crippen LogP contribution in [0.25, 0.3) is 10.2 Å². The summed E-state index contributed by atoms with van der Waals surface area (Å²) >= 11 is 1.64. The summed E-state index contributed by atoms with van der Waals surface area (Å²) in [5, 5.41) is 2.04. The molecular formula is C26H25FN2OS. The molecule has 5 rings (SSSR count). The first-order chi connectivity index (χ1) is 15.2. The Bertz CT molecular complexity index is 1190. The number of carbonyl (C=O) groups is 1. The van der Waals surface area contributed by atoms with Gasteiger partial charge in [-0.2, -0.15) is 0 Å². The van der Waals surface area contributed by atoms with Crippen LogP contribution < -0.4 is 0 Å². The lowest BCUT2D eigenvalue weighted by Crippen LogP contribution is -2.39. The summed E-state index contributed by atoms with van der Waals surface area (Å²) in [5.74, 6) is 0.451. The van der Waals surface area contributed by atoms with Gasteiger partial charge in [-0.05, 0) is 66.0 Å². The van der Waals surface area contributed by atoms with Crippen molar-refractivity contribution in [3.8, 4) is 0 Å². The van der Waals surface area contributed by atoms with Gasteiger partial charge in [-0.1, -0.05) is 42.5 Å². The molecule has 158 valence electrons. The predicted octanol–water partition coefficient (Wildman–Crippen LogP) is 5.99. The molecule has 2 aromatic heterocycles. The predicted molar refractivity (Wildman–Crippen MR) is 124 cm³/mol. The quantitative estimate of drug-likeness (QED) is 0.381. The van der Waals surface area contributed by atoms with E-state index in [9.17, 15) is 9.18 Å². The molecule has 1 saturated heterocycles. The highest BCUT2D eigenvalue weighted by Crippen LogP contribution is 2.29. The normalized spacial score (nSPS) is 14.9. The van der Waals surface area contributed by atoms with Gasteiger partial charge in [-0.3, -0.25) is 4.79 Å². The molecule has 5 heteroatoms. The standard InChI is InChI=1S/C26H25FN2OS/c27-22-8-4-7-21(16-22)18-29-23-11-14-31-25(23)17-24(29)26(30)28-12-9-20(10-13-28)15-19-5-2-1-3-6-19/h1-8,11,14,16-17,20H,9-10,12-13,15,18H2. The van der Waals surface area contributed by atoms with Crippen molar-refractivity contribution in [3.63, 3.8) is 0 Å². The number of nitrogens with zero attached hydrogens (tertiary/aromatic N) is 2. The highest BCUT2D eigenvalue weighted by molar-refractivity contribution is 7.17. The average molecular weight is 433 g/mol. The number of hydrogen-bond acceptors (Lipinski definition) is 2. The topological polar surface area (TPSA) is 25.2 Å². The number of piperidine rings is 1. The monoisotopic (exact) mass is 432 g/mol. The van der Waals surface area contributed by atoms with E-state index in [1.807, 2.05) is 33.0 Å². The van der Waals surface area contributed by atoms with Gasteiger partial charge in [0, 0.05) is 19.6 Å². The van der Waals surface area contributed by atoms with E-state index in [2.05, 4.69) is 30.3 Å². The largest absolute Gasteiger partial charge is 0.337 e. The molecule has 0 aliphatic carbocycles. The van der Waals surface area contributed by atoms with Gasteiger partial charge in [-0.15, -0.1) is 11.3 Å². The summed E-state index contributed by atoms with van der Waals surface area (Å²) < 4.78 is 16.8. The summed E-state index contributed by atoms with van der Waals surface area (Å²) in [5.41, 5.74) is 3.97. The van der Waals surface area contributed by atoms with E-state index in [-0.39, 0.29) is 11.7 Å². The number of fused-ring (bicyclic) bond motifs is 1. The Morgan fingerprint density at radius 2 is 1.74 bits per heavy atom. The van der Waals surface area contributed by atoms with Crippen LogP contribution in [0.5, 0.6) is 0 Å². The van der Waals surface area contributed by atoms with Crippen molar-refractivity contribution in [3.05, 3.63) is 94.7 Å². The highest BCUT2D eigenvalue weighted by atomic mass is 32.1. The van der Waals surface area contributed by atoms with E-state index >= 15 is 0 Å². The molecule has 4 aromatic rings. The maximum Gasteiger partial charge on any atom is 0.270 e. The summed E-state index contributed by atoms with van der Waals surface area (Å²) in [6, 6.07) is 21.3. The number of hydrogen-bond donors (Lipinski definition) is 0. The third-order valence-corrected chi connectivity index (χ3v) is 7.09. The molecule has 0 saturated carbocycles. The van der Waals surface area contributed by atoms with Crippen molar-refractivity contribution >= 4 is 27.5 Å². The van der Waals surface area contributed by atoms with E-state index in [1.54, 1.807) is 23.5 Å². The second kappa shape index (κ2) is 8.67. The van der Waals surface area contributed by atoms with Crippen LogP contribution >= 0.6 is 11.3 Å². The smallest absolute Gasteiger partial charge is 0.270 e. The molecule has 1 fully saturated rings. The molecule has 0 radical (unpaired) electrons. The van der Waals surface area contributed by atoms with Crippen LogP contribution in [0.1, 0.15) is 34.5 Å². The Labute approximate surface area is 185 Å². The minimum atomic E-state index is -0.250. The Balaban J connectivity index is 1.33. The van der Waals surface area contributed by atoms with Crippen LogP contribution in [-0.2, 0) is 13.0 Å². The minimum absolute atomic E-state index is 0.0814. The number of rotatable bonds is 5. The van der Waals surface area contributed by atoms with Gasteiger partial charge in [0.1, 0.15) is 11.5 Å². The number of halogens is 1. The van der Waals surface area contributed by atoms with Gasteiger partial charge in [-0.25, -0.2) is 4.39 Å². The SMILES string of the molecule is O=C(c1cc2sccc2n1Cc1cccc(F)c1)N1CCC(Cc2ccccc2)CC1. The van der Waals surface area contributed by atoms with Crippen molar-refractivity contribution in [2.75, 3.05) is 13.1 Å². The average Bonchev–Trinajstić information content (AvgIpc) is 3.37. The number of likely N-dealkylation sites (tertiary alicyclic amines) is 1. The summed E-state index contributed by atoms with van der Waals surface area (Å²) in [7, 11) is 0. The van der Waals surface area contributed by atoms with E-state index in [0.717, 1.165) is 48.1 Å². The van der Waals surface area contributed by atoms with E-state index in [4.69, 9.17) is 0 Å². The molecule has 0 bridgehead atoms. The maximum atomic E-state index is 13.7. The molecule has 1 amide bonds. The van der Waals surface area contributed by atoms with Crippen LogP contribution in [0.2, 0.25) is 0 Å². The number of thiophene rings is 1. The van der Waals surface area contributed by atoms with E-state index < -0.39 is 0 Å². The number of amides is 1. The molecule has 31 heavy (non-hydrogen) atoms. The first kappa shape index (κ1) is 20.0. The van der Waals surface area contributed by atoms with Crippen molar-refractivity contribution in [2.24, 2.45) is 5.92 Å². The summed E-state index contributed by atoms with van der Waals surface area (Å²) in [4.78, 5) is 15.4. The van der Waals surface area contributed by atoms with Crippen LogP contribution in [0.15, 0.2) is 72.1 Å². The Kier molecular flexibility index (Phi) is 5.60. The lowest BCUT2D eigenvalue weighted by molar-refractivity contribution is 0.0680. The number of carbonyl (C=O) groups excluding carboxylic acids is 1. The lowest BCUT2D eigenvalue weighted by Gasteiger charge is -2.32. The van der Waals surface area contributed by atoms with Crippen molar-refractivity contribution in [2.45, 2.75) is 25.8 Å². The van der Waals surface area contributed by atoms with E-state index in [0.29, 0.717) is 18.2 Å². The van der Waals surface area contributed by atoms with Gasteiger partial charge in [0.15, 0.2) is 0 Å². The lowest BCUT2D eigenvalue weighted by atomic mass is 9.90. The van der Waals surface area contributed by atoms with Gasteiger partial charge in [0.05, 0.1) is 10.2 Å². The molecule has 0 unspecified atom stereocenters. The molecule has 1 aliphatic heterocycles. The second-order valence-electron chi connectivity index (χ2n) is 8.34. The molecule has 3 heterocycles. The van der Waals surface area contributed by atoms with Crippen molar-refractivity contribution in [1.29, 1.82) is 0 Å². The van der Waals surface area contributed by atoms with Crippen molar-refractivity contribution < 1.29 is 9.18 Å². The molecule has 1 aliphatic rings. The fourth-order valence-electron chi connectivity index (χ4n) is 4.59. The van der Waals surface area contributed by atoms with Crippen LogP contribution in [0.4, 0.5) is 4.39 Å². The number of benzene rings is 2. The fourth-order valence-corrected chi connectivity index (χ4v) is 5.41. The Morgan fingerprint density at radius 1 is 0.968 bits per heavy atom. The molecule has 2 aromatic carbocycles. The fraction of sp³-hybridized carbons (Fsp3) is 0.269. The highest BCUT2D eigenvalue weighted by Gasteiger charge is 2.26. The first-order valence-electron chi connectivity index (χ1n) is 10.8. The Hall–Kier alpha value is -2.92. The van der Waals surface area contributed by atoms with Crippen LogP contribution in [0, 0.1) is 11.7 Å². The molecule has 0 atom stereocenters. The zero-order chi connectivity index (χ0) is 21.2. The zero-order valence-corrected chi connectivity index (χ0v) is 18.2. The molecule has 3 nitrogen and oxygen atoms in total. The first-order valence-corrected chi connectivity index (χ1v) is 11.7. The molecular weight excluding hydrogens is 407 g/mol. The van der Waals surface area contributed by atoms with Crippen molar-refractivity contribution in [1.82, 2.24) is 9.47 Å². The van der Waals surface area contributed by atoms with Gasteiger partial charge in [0.25, 0.3) is 5.91 Å². The molecule has 0 spiro atoms.